The van der Waals surface area contributed by atoms with Crippen LogP contribution in [0.2, 0.25) is 0 Å². The Balaban J connectivity index is 1.87. The molecule has 2 atom stereocenters. The van der Waals surface area contributed by atoms with Crippen molar-refractivity contribution in [2.75, 3.05) is 19.7 Å². The summed E-state index contributed by atoms with van der Waals surface area (Å²) in [5.74, 6) is 0.566. The van der Waals surface area contributed by atoms with Crippen molar-refractivity contribution in [1.29, 1.82) is 0 Å². The van der Waals surface area contributed by atoms with Crippen LogP contribution in [-0.4, -0.2) is 35.7 Å². The van der Waals surface area contributed by atoms with Crippen LogP contribution in [0.4, 0.5) is 0 Å². The second kappa shape index (κ2) is 5.71. The van der Waals surface area contributed by atoms with Crippen molar-refractivity contribution in [2.45, 2.75) is 64.8 Å². The van der Waals surface area contributed by atoms with Gasteiger partial charge in [-0.15, -0.1) is 0 Å². The summed E-state index contributed by atoms with van der Waals surface area (Å²) in [5.41, 5.74) is 0.631. The van der Waals surface area contributed by atoms with Crippen molar-refractivity contribution < 1.29 is 5.11 Å². The van der Waals surface area contributed by atoms with Crippen LogP contribution in [0.1, 0.15) is 58.8 Å². The monoisotopic (exact) mass is 239 g/mol. The molecule has 1 aliphatic heterocycles. The SMILES string of the molecule is CCCC1(CCC)CN(C2CCCC2CO)C1. The van der Waals surface area contributed by atoms with Crippen LogP contribution in [-0.2, 0) is 0 Å². The van der Waals surface area contributed by atoms with Crippen LogP contribution in [0.5, 0.6) is 0 Å². The maximum Gasteiger partial charge on any atom is 0.0474 e. The minimum Gasteiger partial charge on any atom is -0.396 e. The zero-order valence-electron chi connectivity index (χ0n) is 11.6. The normalized spacial score (nSPS) is 32.6. The van der Waals surface area contributed by atoms with E-state index in [1.165, 1.54) is 58.0 Å². The smallest absolute Gasteiger partial charge is 0.0474 e. The molecule has 0 amide bonds. The minimum atomic E-state index is 0.399. The van der Waals surface area contributed by atoms with Crippen LogP contribution >= 0.6 is 0 Å². The first kappa shape index (κ1) is 13.4. The molecule has 0 aromatic rings. The summed E-state index contributed by atoms with van der Waals surface area (Å²) in [7, 11) is 0. The second-order valence-corrected chi connectivity index (χ2v) is 6.35. The Morgan fingerprint density at radius 3 is 2.29 bits per heavy atom. The summed E-state index contributed by atoms with van der Waals surface area (Å²) < 4.78 is 0. The predicted octanol–water partition coefficient (Wildman–Crippen LogP) is 3.05. The number of likely N-dealkylation sites (tertiary alicyclic amines) is 1. The zero-order chi connectivity index (χ0) is 12.3. The lowest BCUT2D eigenvalue weighted by atomic mass is 9.71. The van der Waals surface area contributed by atoms with E-state index in [1.54, 1.807) is 0 Å². The highest BCUT2D eigenvalue weighted by Gasteiger charge is 2.46. The Bertz CT molecular complexity index is 227. The van der Waals surface area contributed by atoms with E-state index >= 15 is 0 Å². The molecular weight excluding hydrogens is 210 g/mol. The molecule has 2 unspecified atom stereocenters. The molecule has 2 fully saturated rings. The maximum absolute atomic E-state index is 9.42. The molecule has 2 nitrogen and oxygen atoms in total. The third-order valence-corrected chi connectivity index (χ3v) is 4.96. The van der Waals surface area contributed by atoms with Crippen molar-refractivity contribution in [1.82, 2.24) is 4.90 Å². The minimum absolute atomic E-state index is 0.399. The molecule has 100 valence electrons. The van der Waals surface area contributed by atoms with E-state index in [4.69, 9.17) is 0 Å². The van der Waals surface area contributed by atoms with Crippen LogP contribution in [0.15, 0.2) is 0 Å². The van der Waals surface area contributed by atoms with E-state index in [1.807, 2.05) is 0 Å². The van der Waals surface area contributed by atoms with Gasteiger partial charge in [-0.2, -0.15) is 0 Å². The topological polar surface area (TPSA) is 23.5 Å². The average Bonchev–Trinajstić information content (AvgIpc) is 2.73. The molecule has 1 heterocycles. The van der Waals surface area contributed by atoms with E-state index in [-0.39, 0.29) is 0 Å². The highest BCUT2D eigenvalue weighted by atomic mass is 16.3. The Kier molecular flexibility index (Phi) is 4.48. The fourth-order valence-corrected chi connectivity index (χ4v) is 4.26. The average molecular weight is 239 g/mol. The van der Waals surface area contributed by atoms with Gasteiger partial charge in [0.25, 0.3) is 0 Å². The first-order valence-corrected chi connectivity index (χ1v) is 7.59. The van der Waals surface area contributed by atoms with Gasteiger partial charge >= 0.3 is 0 Å². The molecule has 0 spiro atoms. The summed E-state index contributed by atoms with van der Waals surface area (Å²) >= 11 is 0. The number of hydrogen-bond acceptors (Lipinski definition) is 2. The fourth-order valence-electron chi connectivity index (χ4n) is 4.26. The Morgan fingerprint density at radius 2 is 1.76 bits per heavy atom. The highest BCUT2D eigenvalue weighted by Crippen LogP contribution is 2.44. The molecule has 0 radical (unpaired) electrons. The summed E-state index contributed by atoms with van der Waals surface area (Å²) in [6, 6.07) is 0.696. The highest BCUT2D eigenvalue weighted by molar-refractivity contribution is 4.99. The molecule has 1 aliphatic carbocycles. The van der Waals surface area contributed by atoms with Gasteiger partial charge in [-0.3, -0.25) is 4.90 Å². The standard InChI is InChI=1S/C15H29NO/c1-3-8-15(9-4-2)11-16(12-15)14-7-5-6-13(14)10-17/h13-14,17H,3-12H2,1-2H3. The van der Waals surface area contributed by atoms with Gasteiger partial charge in [0.2, 0.25) is 0 Å². The maximum atomic E-state index is 9.42. The van der Waals surface area contributed by atoms with Gasteiger partial charge in [-0.1, -0.05) is 33.1 Å². The number of aliphatic hydroxyl groups is 1. The van der Waals surface area contributed by atoms with Gasteiger partial charge < -0.3 is 5.11 Å². The lowest BCUT2D eigenvalue weighted by molar-refractivity contribution is -0.0584. The third kappa shape index (κ3) is 2.68. The van der Waals surface area contributed by atoms with E-state index in [0.29, 0.717) is 24.0 Å². The summed E-state index contributed by atoms with van der Waals surface area (Å²) in [4.78, 5) is 2.67. The molecule has 17 heavy (non-hydrogen) atoms. The molecule has 2 aliphatic rings. The summed E-state index contributed by atoms with van der Waals surface area (Å²) in [6.45, 7) is 7.62. The van der Waals surface area contributed by atoms with Crippen LogP contribution in [0.3, 0.4) is 0 Å². The number of rotatable bonds is 6. The van der Waals surface area contributed by atoms with Crippen molar-refractivity contribution in [2.24, 2.45) is 11.3 Å². The summed E-state index contributed by atoms with van der Waals surface area (Å²) in [6.07, 6.45) is 9.32. The molecule has 0 bridgehead atoms. The lowest BCUT2D eigenvalue weighted by Gasteiger charge is -2.54. The first-order valence-electron chi connectivity index (χ1n) is 7.59. The van der Waals surface area contributed by atoms with E-state index in [0.717, 1.165) is 0 Å². The van der Waals surface area contributed by atoms with Crippen molar-refractivity contribution in [3.63, 3.8) is 0 Å². The quantitative estimate of drug-likeness (QED) is 0.770. The van der Waals surface area contributed by atoms with Gasteiger partial charge in [0, 0.05) is 25.7 Å². The molecule has 1 saturated carbocycles. The van der Waals surface area contributed by atoms with Crippen molar-refractivity contribution >= 4 is 0 Å². The Labute approximate surface area is 106 Å². The largest absolute Gasteiger partial charge is 0.396 e. The molecule has 2 rings (SSSR count). The molecule has 1 N–H and O–H groups in total. The predicted molar refractivity (Wildman–Crippen MR) is 72.0 cm³/mol. The van der Waals surface area contributed by atoms with Crippen LogP contribution in [0.25, 0.3) is 0 Å². The number of nitrogens with zero attached hydrogens (tertiary/aromatic N) is 1. The van der Waals surface area contributed by atoms with Gasteiger partial charge in [0.1, 0.15) is 0 Å². The number of hydrogen-bond donors (Lipinski definition) is 1. The van der Waals surface area contributed by atoms with Gasteiger partial charge in [-0.05, 0) is 37.0 Å². The van der Waals surface area contributed by atoms with Crippen LogP contribution < -0.4 is 0 Å². The lowest BCUT2D eigenvalue weighted by Crippen LogP contribution is -2.60. The summed E-state index contributed by atoms with van der Waals surface area (Å²) in [5, 5.41) is 9.42. The van der Waals surface area contributed by atoms with Gasteiger partial charge in [0.15, 0.2) is 0 Å². The van der Waals surface area contributed by atoms with E-state index < -0.39 is 0 Å². The first-order chi connectivity index (χ1) is 8.24. The fraction of sp³-hybridized carbons (Fsp3) is 1.00. The molecule has 0 aromatic heterocycles. The van der Waals surface area contributed by atoms with Crippen LogP contribution in [0, 0.1) is 11.3 Å². The molecule has 2 heteroatoms. The van der Waals surface area contributed by atoms with E-state index in [9.17, 15) is 5.11 Å². The Hall–Kier alpha value is -0.0800. The van der Waals surface area contributed by atoms with Crippen molar-refractivity contribution in [3.05, 3.63) is 0 Å². The van der Waals surface area contributed by atoms with Crippen molar-refractivity contribution in [3.8, 4) is 0 Å². The second-order valence-electron chi connectivity index (χ2n) is 6.35. The third-order valence-electron chi connectivity index (χ3n) is 4.96. The van der Waals surface area contributed by atoms with Gasteiger partial charge in [-0.25, -0.2) is 0 Å². The van der Waals surface area contributed by atoms with E-state index in [2.05, 4.69) is 18.7 Å². The Morgan fingerprint density at radius 1 is 1.12 bits per heavy atom. The molecule has 1 saturated heterocycles. The van der Waals surface area contributed by atoms with Gasteiger partial charge in [0.05, 0.1) is 0 Å². The molecule has 0 aromatic carbocycles. The molecular formula is C15H29NO. The zero-order valence-corrected chi connectivity index (χ0v) is 11.6. The number of aliphatic hydroxyl groups excluding tert-OH is 1.